The van der Waals surface area contributed by atoms with Crippen LogP contribution in [0.2, 0.25) is 0 Å². The van der Waals surface area contributed by atoms with Gasteiger partial charge in [-0.05, 0) is 0 Å². The van der Waals surface area contributed by atoms with Crippen LogP contribution in [-0.2, 0) is 4.74 Å². The van der Waals surface area contributed by atoms with Gasteiger partial charge in [0.15, 0.2) is 0 Å². The summed E-state index contributed by atoms with van der Waals surface area (Å²) in [6.45, 7) is 4.72. The molecular weight excluding hydrogens is 339 g/mol. The van der Waals surface area contributed by atoms with Crippen LogP contribution in [0.15, 0.2) is 53.5 Å². The third-order valence-corrected chi connectivity index (χ3v) is 5.51. The monoisotopic (exact) mass is 356 g/mol. The van der Waals surface area contributed by atoms with Crippen molar-refractivity contribution in [3.63, 3.8) is 0 Å². The van der Waals surface area contributed by atoms with Gasteiger partial charge in [0.2, 0.25) is 0 Å². The first-order chi connectivity index (χ1) is 10.6. The average Bonchev–Trinajstić information content (AvgIpc) is 2.88. The van der Waals surface area contributed by atoms with Crippen molar-refractivity contribution in [3.8, 4) is 6.07 Å². The molecule has 0 N–H and O–H groups in total. The second kappa shape index (κ2) is 5.96. The SMILES string of the molecule is CC1(C)COC(c2ccc(C#N)cc2[Se]c2ccccc2)=N1. The Labute approximate surface area is 136 Å². The van der Waals surface area contributed by atoms with E-state index < -0.39 is 0 Å². The molecule has 0 saturated heterocycles. The zero-order valence-corrected chi connectivity index (χ0v) is 14.2. The van der Waals surface area contributed by atoms with Gasteiger partial charge in [0.1, 0.15) is 0 Å². The Morgan fingerprint density at radius 1 is 1.18 bits per heavy atom. The minimum absolute atomic E-state index is 0.113. The molecule has 1 heterocycles. The Hall–Kier alpha value is -2.08. The standard InChI is InChI=1S/C18H16N2OSe/c1-18(2)12-21-17(20-18)15-9-8-13(11-19)10-16(15)22-14-6-4-3-5-7-14/h3-10H,12H2,1-2H3. The number of nitriles is 1. The summed E-state index contributed by atoms with van der Waals surface area (Å²) >= 11 is 0.113. The summed E-state index contributed by atoms with van der Waals surface area (Å²) in [5.74, 6) is 0.697. The molecule has 3 rings (SSSR count). The number of aliphatic imine (C=N–C) groups is 1. The van der Waals surface area contributed by atoms with Crippen LogP contribution in [0.25, 0.3) is 0 Å². The molecular formula is C18H16N2OSe. The fourth-order valence-corrected chi connectivity index (χ4v) is 4.29. The van der Waals surface area contributed by atoms with Crippen molar-refractivity contribution in [2.45, 2.75) is 19.4 Å². The van der Waals surface area contributed by atoms with E-state index in [0.29, 0.717) is 18.1 Å². The van der Waals surface area contributed by atoms with Crippen molar-refractivity contribution in [2.24, 2.45) is 4.99 Å². The second-order valence-corrected chi connectivity index (χ2v) is 8.10. The summed E-state index contributed by atoms with van der Waals surface area (Å²) < 4.78 is 8.18. The van der Waals surface area contributed by atoms with Gasteiger partial charge in [0.05, 0.1) is 0 Å². The number of rotatable bonds is 3. The van der Waals surface area contributed by atoms with E-state index in [9.17, 15) is 0 Å². The van der Waals surface area contributed by atoms with Gasteiger partial charge in [-0.3, -0.25) is 0 Å². The normalized spacial score (nSPS) is 15.8. The fraction of sp³-hybridized carbons (Fsp3) is 0.222. The average molecular weight is 355 g/mol. The van der Waals surface area contributed by atoms with E-state index in [1.165, 1.54) is 4.46 Å². The minimum atomic E-state index is -0.180. The Balaban J connectivity index is 2.02. The summed E-state index contributed by atoms with van der Waals surface area (Å²) in [5, 5.41) is 9.16. The van der Waals surface area contributed by atoms with E-state index in [0.717, 1.165) is 10.0 Å². The third-order valence-electron chi connectivity index (χ3n) is 3.28. The Bertz CT molecular complexity index is 760. The van der Waals surface area contributed by atoms with Crippen molar-refractivity contribution in [1.82, 2.24) is 0 Å². The first-order valence-electron chi connectivity index (χ1n) is 7.07. The zero-order chi connectivity index (χ0) is 15.6. The number of ether oxygens (including phenoxy) is 1. The Kier molecular flexibility index (Phi) is 4.02. The van der Waals surface area contributed by atoms with E-state index in [-0.39, 0.29) is 20.5 Å². The number of benzene rings is 2. The van der Waals surface area contributed by atoms with Crippen LogP contribution in [0, 0.1) is 11.3 Å². The molecule has 3 nitrogen and oxygen atoms in total. The summed E-state index contributed by atoms with van der Waals surface area (Å²) in [7, 11) is 0. The van der Waals surface area contributed by atoms with Gasteiger partial charge in [-0.2, -0.15) is 0 Å². The molecule has 22 heavy (non-hydrogen) atoms. The quantitative estimate of drug-likeness (QED) is 0.788. The Morgan fingerprint density at radius 2 is 1.95 bits per heavy atom. The van der Waals surface area contributed by atoms with Crippen molar-refractivity contribution in [3.05, 3.63) is 59.7 Å². The predicted molar refractivity (Wildman–Crippen MR) is 89.2 cm³/mol. The molecule has 2 aromatic rings. The van der Waals surface area contributed by atoms with Gasteiger partial charge in [-0.1, -0.05) is 0 Å². The molecule has 0 aromatic heterocycles. The van der Waals surface area contributed by atoms with Crippen LogP contribution in [0.3, 0.4) is 0 Å². The van der Waals surface area contributed by atoms with E-state index in [1.807, 2.05) is 36.4 Å². The molecule has 0 amide bonds. The van der Waals surface area contributed by atoms with Gasteiger partial charge >= 0.3 is 136 Å². The van der Waals surface area contributed by atoms with Gasteiger partial charge < -0.3 is 0 Å². The molecule has 0 bridgehead atoms. The van der Waals surface area contributed by atoms with Crippen molar-refractivity contribution < 1.29 is 4.74 Å². The number of hydrogen-bond acceptors (Lipinski definition) is 3. The molecule has 0 fully saturated rings. The van der Waals surface area contributed by atoms with Crippen LogP contribution < -0.4 is 8.92 Å². The molecule has 1 aliphatic rings. The maximum atomic E-state index is 9.16. The maximum absolute atomic E-state index is 9.16. The molecule has 0 spiro atoms. The van der Waals surface area contributed by atoms with Crippen molar-refractivity contribution in [1.29, 1.82) is 5.26 Å². The summed E-state index contributed by atoms with van der Waals surface area (Å²) in [5.41, 5.74) is 1.50. The van der Waals surface area contributed by atoms with Crippen molar-refractivity contribution >= 4 is 29.8 Å². The van der Waals surface area contributed by atoms with Crippen LogP contribution in [0.4, 0.5) is 0 Å². The molecule has 0 radical (unpaired) electrons. The topological polar surface area (TPSA) is 45.4 Å². The van der Waals surface area contributed by atoms with Gasteiger partial charge in [0, 0.05) is 0 Å². The van der Waals surface area contributed by atoms with E-state index in [4.69, 9.17) is 10.00 Å². The van der Waals surface area contributed by atoms with E-state index in [1.54, 1.807) is 0 Å². The molecule has 0 atom stereocenters. The van der Waals surface area contributed by atoms with Crippen LogP contribution >= 0.6 is 0 Å². The van der Waals surface area contributed by atoms with Crippen LogP contribution in [0.1, 0.15) is 25.0 Å². The summed E-state index contributed by atoms with van der Waals surface area (Å²) in [4.78, 5) is 4.67. The molecule has 110 valence electrons. The zero-order valence-electron chi connectivity index (χ0n) is 12.5. The molecule has 4 heteroatoms. The fourth-order valence-electron chi connectivity index (χ4n) is 2.19. The van der Waals surface area contributed by atoms with Crippen LogP contribution in [0.5, 0.6) is 0 Å². The van der Waals surface area contributed by atoms with Gasteiger partial charge in [-0.15, -0.1) is 0 Å². The molecule has 2 aromatic carbocycles. The number of hydrogen-bond donors (Lipinski definition) is 0. The van der Waals surface area contributed by atoms with Gasteiger partial charge in [0.25, 0.3) is 0 Å². The summed E-state index contributed by atoms with van der Waals surface area (Å²) in [6, 6.07) is 18.3. The molecule has 0 saturated carbocycles. The van der Waals surface area contributed by atoms with E-state index >= 15 is 0 Å². The first-order valence-corrected chi connectivity index (χ1v) is 8.79. The van der Waals surface area contributed by atoms with E-state index in [2.05, 4.69) is 37.0 Å². The molecule has 0 unspecified atom stereocenters. The number of nitrogens with zero attached hydrogens (tertiary/aromatic N) is 2. The first kappa shape index (κ1) is 14.8. The molecule has 1 aliphatic heterocycles. The Morgan fingerprint density at radius 3 is 2.59 bits per heavy atom. The molecule has 0 aliphatic carbocycles. The van der Waals surface area contributed by atoms with Gasteiger partial charge in [-0.25, -0.2) is 0 Å². The second-order valence-electron chi connectivity index (χ2n) is 5.76. The third kappa shape index (κ3) is 3.22. The predicted octanol–water partition coefficient (Wildman–Crippen LogP) is 1.77. The van der Waals surface area contributed by atoms with Crippen molar-refractivity contribution in [2.75, 3.05) is 6.61 Å². The van der Waals surface area contributed by atoms with Crippen LogP contribution in [-0.4, -0.2) is 33.0 Å². The summed E-state index contributed by atoms with van der Waals surface area (Å²) in [6.07, 6.45) is 0.